The summed E-state index contributed by atoms with van der Waals surface area (Å²) in [6.07, 6.45) is -2.80. The van der Waals surface area contributed by atoms with E-state index in [1.54, 1.807) is 18.4 Å². The van der Waals surface area contributed by atoms with Crippen molar-refractivity contribution in [2.75, 3.05) is 44.7 Å². The van der Waals surface area contributed by atoms with E-state index in [0.29, 0.717) is 24.6 Å². The van der Waals surface area contributed by atoms with Gasteiger partial charge in [0, 0.05) is 38.4 Å². The van der Waals surface area contributed by atoms with Crippen molar-refractivity contribution in [3.05, 3.63) is 53.5 Å². The van der Waals surface area contributed by atoms with Crippen LogP contribution in [0.15, 0.2) is 46.0 Å². The number of guanidine groups is 1. The first-order valence-corrected chi connectivity index (χ1v) is 10.0. The zero-order chi connectivity index (χ0) is 21.6. The third kappa shape index (κ3) is 5.91. The number of hydrogen-bond donors (Lipinski definition) is 2. The Morgan fingerprint density at radius 2 is 1.90 bits per heavy atom. The van der Waals surface area contributed by atoms with Crippen LogP contribution in [0.4, 0.5) is 18.9 Å². The lowest BCUT2D eigenvalue weighted by Crippen LogP contribution is -2.44. The van der Waals surface area contributed by atoms with Crippen LogP contribution in [-0.4, -0.2) is 50.6 Å². The Bertz CT molecular complexity index is 828. The number of piperazine rings is 1. The van der Waals surface area contributed by atoms with Gasteiger partial charge in [-0.25, -0.2) is 4.99 Å². The second-order valence-corrected chi connectivity index (χ2v) is 7.26. The highest BCUT2D eigenvalue weighted by Crippen LogP contribution is 2.33. The van der Waals surface area contributed by atoms with Crippen molar-refractivity contribution in [2.45, 2.75) is 26.2 Å². The molecule has 3 rings (SSSR count). The predicted octanol–water partition coefficient (Wildman–Crippen LogP) is 3.31. The molecule has 0 saturated carbocycles. The summed E-state index contributed by atoms with van der Waals surface area (Å²) in [5.41, 5.74) is 0.713. The van der Waals surface area contributed by atoms with Gasteiger partial charge in [0.05, 0.1) is 24.9 Å². The van der Waals surface area contributed by atoms with Crippen molar-refractivity contribution in [1.29, 1.82) is 0 Å². The minimum Gasteiger partial charge on any atom is -0.467 e. The minimum absolute atomic E-state index is 0.138. The van der Waals surface area contributed by atoms with Crippen molar-refractivity contribution in [1.82, 2.24) is 15.5 Å². The molecular formula is C21H28F3N5O. The van der Waals surface area contributed by atoms with Crippen molar-refractivity contribution < 1.29 is 17.6 Å². The highest BCUT2D eigenvalue weighted by Gasteiger charge is 2.31. The molecule has 6 nitrogen and oxygen atoms in total. The van der Waals surface area contributed by atoms with Gasteiger partial charge in [-0.2, -0.15) is 13.2 Å². The fourth-order valence-electron chi connectivity index (χ4n) is 3.33. The fourth-order valence-corrected chi connectivity index (χ4v) is 3.33. The van der Waals surface area contributed by atoms with E-state index < -0.39 is 11.7 Å². The van der Waals surface area contributed by atoms with Crippen LogP contribution in [0.25, 0.3) is 0 Å². The van der Waals surface area contributed by atoms with Crippen molar-refractivity contribution in [3.63, 3.8) is 0 Å². The number of likely N-dealkylation sites (N-methyl/N-ethyl adjacent to an activating group) is 1. The molecule has 0 spiro atoms. The lowest BCUT2D eigenvalue weighted by atomic mass is 10.1. The number of rotatable bonds is 6. The van der Waals surface area contributed by atoms with E-state index in [9.17, 15) is 13.2 Å². The van der Waals surface area contributed by atoms with E-state index >= 15 is 0 Å². The Morgan fingerprint density at radius 3 is 2.53 bits per heavy atom. The van der Waals surface area contributed by atoms with Crippen LogP contribution >= 0.6 is 0 Å². The standard InChI is InChI=1S/C21H28F3N5O/c1-3-25-20(27-15-18-5-4-12-30-18)26-14-16-13-17(21(22,23)24)6-7-19(16)29-10-8-28(2)9-11-29/h4-7,12-13H,3,8-11,14-15H2,1-2H3,(H2,25,26,27). The van der Waals surface area contributed by atoms with Gasteiger partial charge >= 0.3 is 6.18 Å². The molecule has 1 saturated heterocycles. The molecule has 0 radical (unpaired) electrons. The van der Waals surface area contributed by atoms with Gasteiger partial charge in [0.2, 0.25) is 0 Å². The van der Waals surface area contributed by atoms with Crippen molar-refractivity contribution in [3.8, 4) is 0 Å². The summed E-state index contributed by atoms with van der Waals surface area (Å²) in [5, 5.41) is 6.27. The molecule has 0 aliphatic carbocycles. The molecule has 2 N–H and O–H groups in total. The van der Waals surface area contributed by atoms with Crippen LogP contribution in [-0.2, 0) is 19.3 Å². The van der Waals surface area contributed by atoms with E-state index in [0.717, 1.165) is 43.7 Å². The van der Waals surface area contributed by atoms with E-state index in [-0.39, 0.29) is 6.54 Å². The SMILES string of the molecule is CCNC(=NCc1cc(C(F)(F)F)ccc1N1CCN(C)CC1)NCc1ccco1. The van der Waals surface area contributed by atoms with Gasteiger partial charge < -0.3 is 24.9 Å². The Hall–Kier alpha value is -2.68. The number of alkyl halides is 3. The van der Waals surface area contributed by atoms with Gasteiger partial charge in [0.15, 0.2) is 5.96 Å². The highest BCUT2D eigenvalue weighted by atomic mass is 19.4. The first-order valence-electron chi connectivity index (χ1n) is 10.0. The summed E-state index contributed by atoms with van der Waals surface area (Å²) < 4.78 is 45.2. The molecule has 30 heavy (non-hydrogen) atoms. The van der Waals surface area contributed by atoms with Crippen LogP contribution in [0.5, 0.6) is 0 Å². The van der Waals surface area contributed by atoms with Crippen molar-refractivity contribution >= 4 is 11.6 Å². The van der Waals surface area contributed by atoms with E-state index in [1.165, 1.54) is 6.07 Å². The highest BCUT2D eigenvalue weighted by molar-refractivity contribution is 5.79. The zero-order valence-corrected chi connectivity index (χ0v) is 17.3. The van der Waals surface area contributed by atoms with Gasteiger partial charge in [0.25, 0.3) is 0 Å². The number of nitrogens with one attached hydrogen (secondary N) is 2. The Balaban J connectivity index is 1.81. The third-order valence-electron chi connectivity index (χ3n) is 5.01. The average Bonchev–Trinajstić information content (AvgIpc) is 3.23. The maximum absolute atomic E-state index is 13.3. The maximum atomic E-state index is 13.3. The molecule has 1 aromatic carbocycles. The van der Waals surface area contributed by atoms with Crippen LogP contribution < -0.4 is 15.5 Å². The normalized spacial score (nSPS) is 16.0. The summed E-state index contributed by atoms with van der Waals surface area (Å²) >= 11 is 0. The molecule has 0 amide bonds. The number of aliphatic imine (C=N–C) groups is 1. The number of halogens is 3. The van der Waals surface area contributed by atoms with Gasteiger partial charge in [-0.1, -0.05) is 0 Å². The van der Waals surface area contributed by atoms with Gasteiger partial charge in [-0.05, 0) is 49.9 Å². The smallest absolute Gasteiger partial charge is 0.416 e. The van der Waals surface area contributed by atoms with E-state index in [2.05, 4.69) is 25.4 Å². The van der Waals surface area contributed by atoms with Gasteiger partial charge in [-0.3, -0.25) is 0 Å². The molecule has 0 atom stereocenters. The second kappa shape index (κ2) is 9.88. The second-order valence-electron chi connectivity index (χ2n) is 7.26. The Kier molecular flexibility index (Phi) is 7.25. The molecule has 2 heterocycles. The molecule has 1 aromatic heterocycles. The van der Waals surface area contributed by atoms with Crippen LogP contribution in [0.3, 0.4) is 0 Å². The number of furan rings is 1. The summed E-state index contributed by atoms with van der Waals surface area (Å²) in [6.45, 7) is 6.44. The Morgan fingerprint density at radius 1 is 1.13 bits per heavy atom. The molecule has 1 fully saturated rings. The molecule has 1 aliphatic heterocycles. The maximum Gasteiger partial charge on any atom is 0.416 e. The summed E-state index contributed by atoms with van der Waals surface area (Å²) in [5.74, 6) is 1.27. The summed E-state index contributed by atoms with van der Waals surface area (Å²) in [6, 6.07) is 7.58. The third-order valence-corrected chi connectivity index (χ3v) is 5.01. The first-order chi connectivity index (χ1) is 14.4. The molecule has 164 valence electrons. The monoisotopic (exact) mass is 423 g/mol. The number of hydrogen-bond acceptors (Lipinski definition) is 4. The van der Waals surface area contributed by atoms with Crippen LogP contribution in [0.2, 0.25) is 0 Å². The van der Waals surface area contributed by atoms with E-state index in [1.807, 2.05) is 20.0 Å². The first kappa shape index (κ1) is 22.0. The molecular weight excluding hydrogens is 395 g/mol. The quantitative estimate of drug-likeness (QED) is 0.552. The van der Waals surface area contributed by atoms with Crippen LogP contribution in [0.1, 0.15) is 23.8 Å². The molecule has 0 bridgehead atoms. The number of benzene rings is 1. The molecule has 0 unspecified atom stereocenters. The largest absolute Gasteiger partial charge is 0.467 e. The molecule has 1 aliphatic rings. The fraction of sp³-hybridized carbons (Fsp3) is 0.476. The molecule has 9 heteroatoms. The summed E-state index contributed by atoms with van der Waals surface area (Å²) in [7, 11) is 2.04. The van der Waals surface area contributed by atoms with Gasteiger partial charge in [0.1, 0.15) is 5.76 Å². The lowest BCUT2D eigenvalue weighted by molar-refractivity contribution is -0.137. The molecule has 2 aromatic rings. The van der Waals surface area contributed by atoms with Crippen molar-refractivity contribution in [2.24, 2.45) is 4.99 Å². The Labute approximate surface area is 174 Å². The van der Waals surface area contributed by atoms with E-state index in [4.69, 9.17) is 4.42 Å². The topological polar surface area (TPSA) is 56.0 Å². The zero-order valence-electron chi connectivity index (χ0n) is 17.3. The summed E-state index contributed by atoms with van der Waals surface area (Å²) in [4.78, 5) is 8.87. The number of nitrogens with zero attached hydrogens (tertiary/aromatic N) is 3. The minimum atomic E-state index is -4.39. The average molecular weight is 423 g/mol. The number of anilines is 1. The predicted molar refractivity (Wildman–Crippen MR) is 112 cm³/mol. The lowest BCUT2D eigenvalue weighted by Gasteiger charge is -2.35. The van der Waals surface area contributed by atoms with Crippen LogP contribution in [0, 0.1) is 0 Å². The van der Waals surface area contributed by atoms with Gasteiger partial charge in [-0.15, -0.1) is 0 Å².